The van der Waals surface area contributed by atoms with Gasteiger partial charge < -0.3 is 25.0 Å². The number of likely N-dealkylation sites (N-methyl/N-ethyl adjacent to an activating group) is 1. The van der Waals surface area contributed by atoms with E-state index < -0.39 is 0 Å². The van der Waals surface area contributed by atoms with Gasteiger partial charge in [0.25, 0.3) is 0 Å². The molecule has 3 rings (SSSR count). The normalized spacial score (nSPS) is 17.4. The highest BCUT2D eigenvalue weighted by Gasteiger charge is 2.23. The summed E-state index contributed by atoms with van der Waals surface area (Å²) in [5, 5.41) is 11.5. The lowest BCUT2D eigenvalue weighted by Gasteiger charge is -2.27. The topological polar surface area (TPSA) is 88.8 Å². The van der Waals surface area contributed by atoms with E-state index in [1.54, 1.807) is 14.2 Å². The van der Waals surface area contributed by atoms with Crippen molar-refractivity contribution in [2.45, 2.75) is 45.0 Å². The summed E-state index contributed by atoms with van der Waals surface area (Å²) in [7, 11) is 7.50. The van der Waals surface area contributed by atoms with E-state index in [2.05, 4.69) is 58.8 Å². The van der Waals surface area contributed by atoms with Crippen molar-refractivity contribution in [2.24, 2.45) is 4.99 Å². The van der Waals surface area contributed by atoms with E-state index in [1.165, 1.54) is 5.56 Å². The average molecular weight is 430 g/mol. The average Bonchev–Trinajstić information content (AvgIpc) is 3.16. The maximum atomic E-state index is 5.28. The molecule has 0 aliphatic carbocycles. The predicted molar refractivity (Wildman–Crippen MR) is 121 cm³/mol. The highest BCUT2D eigenvalue weighted by Crippen LogP contribution is 2.21. The monoisotopic (exact) mass is 429 g/mol. The van der Waals surface area contributed by atoms with Gasteiger partial charge in [0, 0.05) is 26.1 Å². The Morgan fingerprint density at radius 1 is 1.29 bits per heavy atom. The van der Waals surface area contributed by atoms with E-state index in [-0.39, 0.29) is 12.1 Å². The van der Waals surface area contributed by atoms with Gasteiger partial charge in [0.05, 0.1) is 26.2 Å². The minimum Gasteiger partial charge on any atom is -0.497 e. The molecule has 31 heavy (non-hydrogen) atoms. The zero-order valence-electron chi connectivity index (χ0n) is 19.3. The molecular formula is C22H35N7O2. The Hall–Kier alpha value is -2.65. The molecule has 2 N–H and O–H groups in total. The van der Waals surface area contributed by atoms with E-state index in [0.29, 0.717) is 13.2 Å². The number of aryl methyl sites for hydroxylation is 1. The van der Waals surface area contributed by atoms with Gasteiger partial charge in [0.15, 0.2) is 11.8 Å². The van der Waals surface area contributed by atoms with Crippen molar-refractivity contribution >= 4 is 5.96 Å². The summed E-state index contributed by atoms with van der Waals surface area (Å²) in [6.07, 6.45) is 1.88. The van der Waals surface area contributed by atoms with Gasteiger partial charge in [-0.2, -0.15) is 5.10 Å². The third kappa shape index (κ3) is 6.18. The molecule has 0 saturated carbocycles. The molecule has 2 atom stereocenters. The Kier molecular flexibility index (Phi) is 8.25. The molecule has 0 fully saturated rings. The minimum absolute atomic E-state index is 0.172. The first kappa shape index (κ1) is 23.0. The van der Waals surface area contributed by atoms with Crippen LogP contribution in [0.2, 0.25) is 0 Å². The van der Waals surface area contributed by atoms with Crippen LogP contribution in [0.1, 0.15) is 36.6 Å². The fourth-order valence-electron chi connectivity index (χ4n) is 3.75. The van der Waals surface area contributed by atoms with Crippen LogP contribution in [0.25, 0.3) is 0 Å². The van der Waals surface area contributed by atoms with E-state index >= 15 is 0 Å². The number of nitrogens with one attached hydrogen (secondary N) is 2. The van der Waals surface area contributed by atoms with Crippen LogP contribution in [0, 0.1) is 0 Å². The molecule has 1 aromatic heterocycles. The number of benzene rings is 1. The van der Waals surface area contributed by atoms with Gasteiger partial charge in [-0.05, 0) is 45.1 Å². The van der Waals surface area contributed by atoms with Gasteiger partial charge in [-0.25, -0.2) is 9.67 Å². The van der Waals surface area contributed by atoms with Gasteiger partial charge in [-0.1, -0.05) is 12.1 Å². The standard InChI is InChI=1S/C22H35N7O2/c1-6-23-22(24-13-19(28(2)3)16-7-10-18(31-5)11-8-16)25-17-9-12-21-26-20(15-30-4)27-29(21)14-17/h7-8,10-11,17,19H,6,9,12-15H2,1-5H3,(H2,23,24,25). The summed E-state index contributed by atoms with van der Waals surface area (Å²) in [5.41, 5.74) is 1.21. The lowest BCUT2D eigenvalue weighted by atomic mass is 10.1. The van der Waals surface area contributed by atoms with Crippen molar-refractivity contribution < 1.29 is 9.47 Å². The summed E-state index contributed by atoms with van der Waals surface area (Å²) in [4.78, 5) is 11.6. The van der Waals surface area contributed by atoms with Crippen molar-refractivity contribution in [3.63, 3.8) is 0 Å². The molecule has 0 bridgehead atoms. The number of fused-ring (bicyclic) bond motifs is 1. The second-order valence-electron chi connectivity index (χ2n) is 7.91. The molecule has 0 saturated heterocycles. The molecule has 0 radical (unpaired) electrons. The van der Waals surface area contributed by atoms with Crippen molar-refractivity contribution in [3.8, 4) is 5.75 Å². The number of aromatic nitrogens is 3. The summed E-state index contributed by atoms with van der Waals surface area (Å²) in [6, 6.07) is 8.62. The van der Waals surface area contributed by atoms with Crippen LogP contribution in [0.4, 0.5) is 0 Å². The SMILES string of the molecule is CCNC(=NCC(c1ccc(OC)cc1)N(C)C)NC1CCc2nc(COC)nn2C1. The number of rotatable bonds is 9. The molecule has 0 amide bonds. The second kappa shape index (κ2) is 11.1. The van der Waals surface area contributed by atoms with Crippen molar-refractivity contribution in [3.05, 3.63) is 41.5 Å². The van der Waals surface area contributed by atoms with Crippen LogP contribution in [0.15, 0.2) is 29.3 Å². The number of methoxy groups -OCH3 is 2. The van der Waals surface area contributed by atoms with Gasteiger partial charge in [0.2, 0.25) is 0 Å². The van der Waals surface area contributed by atoms with Crippen molar-refractivity contribution in [1.82, 2.24) is 30.3 Å². The zero-order valence-corrected chi connectivity index (χ0v) is 19.3. The Morgan fingerprint density at radius 3 is 2.71 bits per heavy atom. The summed E-state index contributed by atoms with van der Waals surface area (Å²) >= 11 is 0. The molecule has 1 aromatic carbocycles. The van der Waals surface area contributed by atoms with Crippen LogP contribution in [0.3, 0.4) is 0 Å². The van der Waals surface area contributed by atoms with Crippen molar-refractivity contribution in [1.29, 1.82) is 0 Å². The third-order valence-corrected chi connectivity index (χ3v) is 5.41. The first-order valence-electron chi connectivity index (χ1n) is 10.8. The second-order valence-corrected chi connectivity index (χ2v) is 7.91. The first-order chi connectivity index (χ1) is 15.0. The molecule has 1 aliphatic heterocycles. The number of aliphatic imine (C=N–C) groups is 1. The molecule has 170 valence electrons. The van der Waals surface area contributed by atoms with Crippen LogP contribution in [-0.2, 0) is 24.3 Å². The highest BCUT2D eigenvalue weighted by molar-refractivity contribution is 5.80. The highest BCUT2D eigenvalue weighted by atomic mass is 16.5. The number of hydrogen-bond acceptors (Lipinski definition) is 6. The maximum absolute atomic E-state index is 5.28. The van der Waals surface area contributed by atoms with E-state index in [4.69, 9.17) is 14.5 Å². The Balaban J connectivity index is 1.66. The lowest BCUT2D eigenvalue weighted by Crippen LogP contribution is -2.47. The zero-order chi connectivity index (χ0) is 22.2. The van der Waals surface area contributed by atoms with E-state index in [9.17, 15) is 0 Å². The molecule has 2 unspecified atom stereocenters. The predicted octanol–water partition coefficient (Wildman–Crippen LogP) is 1.61. The van der Waals surface area contributed by atoms with Gasteiger partial charge in [-0.3, -0.25) is 4.99 Å². The molecule has 9 nitrogen and oxygen atoms in total. The van der Waals surface area contributed by atoms with Crippen LogP contribution >= 0.6 is 0 Å². The van der Waals surface area contributed by atoms with Gasteiger partial charge in [0.1, 0.15) is 18.2 Å². The lowest BCUT2D eigenvalue weighted by molar-refractivity contribution is 0.177. The molecule has 2 heterocycles. The summed E-state index contributed by atoms with van der Waals surface area (Å²) in [6.45, 7) is 4.75. The van der Waals surface area contributed by atoms with Crippen LogP contribution in [0.5, 0.6) is 5.75 Å². The molecular weight excluding hydrogens is 394 g/mol. The number of nitrogens with zero attached hydrogens (tertiary/aromatic N) is 5. The minimum atomic E-state index is 0.172. The van der Waals surface area contributed by atoms with E-state index in [0.717, 1.165) is 49.3 Å². The fourth-order valence-corrected chi connectivity index (χ4v) is 3.75. The summed E-state index contributed by atoms with van der Waals surface area (Å²) in [5.74, 6) is 3.46. The first-order valence-corrected chi connectivity index (χ1v) is 10.8. The van der Waals surface area contributed by atoms with Gasteiger partial charge in [-0.15, -0.1) is 0 Å². The smallest absolute Gasteiger partial charge is 0.191 e. The van der Waals surface area contributed by atoms with Crippen LogP contribution < -0.4 is 15.4 Å². The largest absolute Gasteiger partial charge is 0.497 e. The number of hydrogen-bond donors (Lipinski definition) is 2. The van der Waals surface area contributed by atoms with Gasteiger partial charge >= 0.3 is 0 Å². The quantitative estimate of drug-likeness (QED) is 0.462. The maximum Gasteiger partial charge on any atom is 0.191 e. The Labute approximate surface area is 184 Å². The molecule has 9 heteroatoms. The third-order valence-electron chi connectivity index (χ3n) is 5.41. The molecule has 2 aromatic rings. The Morgan fingerprint density at radius 2 is 2.06 bits per heavy atom. The molecule has 0 spiro atoms. The fraction of sp³-hybridized carbons (Fsp3) is 0.591. The summed E-state index contributed by atoms with van der Waals surface area (Å²) < 4.78 is 12.4. The number of ether oxygens (including phenoxy) is 2. The Bertz CT molecular complexity index is 848. The number of guanidine groups is 1. The van der Waals surface area contributed by atoms with Crippen molar-refractivity contribution in [2.75, 3.05) is 41.4 Å². The van der Waals surface area contributed by atoms with E-state index in [1.807, 2.05) is 16.8 Å². The molecule has 1 aliphatic rings. The van der Waals surface area contributed by atoms with Crippen LogP contribution in [-0.4, -0.2) is 73.1 Å².